The number of imide groups is 1. The zero-order valence-electron chi connectivity index (χ0n) is 13.8. The monoisotopic (exact) mass is 345 g/mol. The molecule has 3 rings (SSSR count). The molecule has 2 aliphatic heterocycles. The number of carboxylic acids is 1. The predicted molar refractivity (Wildman–Crippen MR) is 90.1 cm³/mol. The van der Waals surface area contributed by atoms with Crippen LogP contribution in [0.15, 0.2) is 23.9 Å². The summed E-state index contributed by atoms with van der Waals surface area (Å²) >= 11 is 0. The van der Waals surface area contributed by atoms with Crippen LogP contribution < -0.4 is 10.2 Å². The van der Waals surface area contributed by atoms with Gasteiger partial charge in [0.25, 0.3) is 5.91 Å². The van der Waals surface area contributed by atoms with E-state index in [2.05, 4.69) is 10.2 Å². The summed E-state index contributed by atoms with van der Waals surface area (Å²) < 4.78 is 5.36. The lowest BCUT2D eigenvalue weighted by molar-refractivity contribution is -0.140. The highest BCUT2D eigenvalue weighted by molar-refractivity contribution is 6.15. The van der Waals surface area contributed by atoms with E-state index >= 15 is 0 Å². The van der Waals surface area contributed by atoms with Gasteiger partial charge < -0.3 is 20.1 Å². The Balaban J connectivity index is 1.79. The van der Waals surface area contributed by atoms with Gasteiger partial charge in [-0.1, -0.05) is 6.07 Å². The lowest BCUT2D eigenvalue weighted by Gasteiger charge is -2.30. The van der Waals surface area contributed by atoms with Crippen molar-refractivity contribution in [1.82, 2.24) is 10.2 Å². The maximum atomic E-state index is 12.1. The summed E-state index contributed by atoms with van der Waals surface area (Å²) in [5.41, 5.74) is 3.00. The summed E-state index contributed by atoms with van der Waals surface area (Å²) in [6.45, 7) is 4.39. The predicted octanol–water partition coefficient (Wildman–Crippen LogP) is 0.809. The van der Waals surface area contributed by atoms with E-state index in [0.717, 1.165) is 29.9 Å². The molecule has 2 saturated heterocycles. The highest BCUT2D eigenvalue weighted by atomic mass is 16.5. The van der Waals surface area contributed by atoms with E-state index in [4.69, 9.17) is 9.84 Å². The number of aryl methyl sites for hydroxylation is 1. The van der Waals surface area contributed by atoms with Crippen LogP contribution in [0.5, 0.6) is 0 Å². The Morgan fingerprint density at radius 2 is 2.04 bits per heavy atom. The number of aliphatic carboxylic acids is 1. The van der Waals surface area contributed by atoms with Crippen molar-refractivity contribution in [2.75, 3.05) is 37.7 Å². The van der Waals surface area contributed by atoms with Gasteiger partial charge >= 0.3 is 12.0 Å². The molecule has 0 aromatic heterocycles. The Labute approximate surface area is 144 Å². The molecule has 3 amide bonds. The largest absolute Gasteiger partial charge is 0.480 e. The third-order valence-electron chi connectivity index (χ3n) is 4.14. The average Bonchev–Trinajstić information content (AvgIpc) is 2.83. The van der Waals surface area contributed by atoms with Crippen LogP contribution in [0.2, 0.25) is 0 Å². The number of urea groups is 1. The van der Waals surface area contributed by atoms with Crippen LogP contribution in [0.3, 0.4) is 0 Å². The summed E-state index contributed by atoms with van der Waals surface area (Å²) in [4.78, 5) is 37.5. The maximum Gasteiger partial charge on any atom is 0.329 e. The molecule has 0 atom stereocenters. The second-order valence-electron chi connectivity index (χ2n) is 5.92. The number of hydrogen-bond donors (Lipinski definition) is 2. The van der Waals surface area contributed by atoms with Gasteiger partial charge in [-0.25, -0.2) is 9.69 Å². The first kappa shape index (κ1) is 17.0. The number of rotatable bonds is 4. The molecule has 2 N–H and O–H groups in total. The number of carboxylic acid groups (broad SMARTS) is 1. The summed E-state index contributed by atoms with van der Waals surface area (Å²) in [7, 11) is 0. The molecule has 8 nitrogen and oxygen atoms in total. The van der Waals surface area contributed by atoms with Crippen LogP contribution in [0.25, 0.3) is 6.08 Å². The van der Waals surface area contributed by atoms with E-state index in [1.165, 1.54) is 0 Å². The van der Waals surface area contributed by atoms with Crippen LogP contribution in [0.1, 0.15) is 11.1 Å². The van der Waals surface area contributed by atoms with E-state index in [0.29, 0.717) is 18.1 Å². The van der Waals surface area contributed by atoms with Crippen LogP contribution in [0, 0.1) is 6.92 Å². The summed E-state index contributed by atoms with van der Waals surface area (Å²) in [6, 6.07) is 5.05. The van der Waals surface area contributed by atoms with Crippen molar-refractivity contribution in [3.05, 3.63) is 35.0 Å². The number of carbonyl (C=O) groups is 3. The molecule has 1 aromatic carbocycles. The van der Waals surface area contributed by atoms with E-state index in [1.54, 1.807) is 6.08 Å². The third kappa shape index (κ3) is 3.63. The zero-order valence-corrected chi connectivity index (χ0v) is 13.8. The van der Waals surface area contributed by atoms with Gasteiger partial charge in [-0.15, -0.1) is 0 Å². The van der Waals surface area contributed by atoms with Crippen LogP contribution in [-0.2, 0) is 14.3 Å². The van der Waals surface area contributed by atoms with E-state index < -0.39 is 24.5 Å². The van der Waals surface area contributed by atoms with Crippen molar-refractivity contribution >= 4 is 29.7 Å². The summed E-state index contributed by atoms with van der Waals surface area (Å²) in [6.07, 6.45) is 1.55. The van der Waals surface area contributed by atoms with Crippen molar-refractivity contribution in [1.29, 1.82) is 0 Å². The number of nitrogens with zero attached hydrogens (tertiary/aromatic N) is 2. The number of benzene rings is 1. The molecule has 1 aromatic rings. The van der Waals surface area contributed by atoms with Crippen molar-refractivity contribution < 1.29 is 24.2 Å². The first-order valence-corrected chi connectivity index (χ1v) is 7.95. The van der Waals surface area contributed by atoms with Gasteiger partial charge in [0.2, 0.25) is 0 Å². The van der Waals surface area contributed by atoms with E-state index in [1.807, 2.05) is 25.1 Å². The molecule has 0 saturated carbocycles. The number of anilines is 1. The molecule has 8 heteroatoms. The molecule has 132 valence electrons. The number of nitrogens with one attached hydrogen (secondary N) is 1. The molecule has 2 aliphatic rings. The standard InChI is InChI=1S/C17H19N3O5/c1-11-8-12(2-3-14(11)19-4-6-25-7-5-19)9-13-16(23)20(10-15(21)22)17(24)18-13/h2-3,8-9H,4-7,10H2,1H3,(H,18,24)(H,21,22)/b13-9+. The van der Waals surface area contributed by atoms with Crippen molar-refractivity contribution in [3.63, 3.8) is 0 Å². The molecule has 0 spiro atoms. The minimum Gasteiger partial charge on any atom is -0.480 e. The van der Waals surface area contributed by atoms with Crippen LogP contribution in [0.4, 0.5) is 10.5 Å². The van der Waals surface area contributed by atoms with Gasteiger partial charge in [-0.3, -0.25) is 9.59 Å². The minimum absolute atomic E-state index is 0.0739. The Bertz CT molecular complexity index is 753. The Morgan fingerprint density at radius 1 is 1.32 bits per heavy atom. The molecular formula is C17H19N3O5. The SMILES string of the molecule is Cc1cc(/C=C2/NC(=O)N(CC(=O)O)C2=O)ccc1N1CCOCC1. The van der Waals surface area contributed by atoms with E-state index in [9.17, 15) is 14.4 Å². The minimum atomic E-state index is -1.24. The summed E-state index contributed by atoms with van der Waals surface area (Å²) in [5.74, 6) is -1.88. The van der Waals surface area contributed by atoms with Gasteiger partial charge in [-0.2, -0.15) is 0 Å². The first-order valence-electron chi connectivity index (χ1n) is 7.95. The molecule has 0 aliphatic carbocycles. The highest BCUT2D eigenvalue weighted by Gasteiger charge is 2.34. The number of morpholine rings is 1. The second-order valence-corrected chi connectivity index (χ2v) is 5.92. The fourth-order valence-electron chi connectivity index (χ4n) is 2.94. The Kier molecular flexibility index (Phi) is 4.71. The molecule has 0 bridgehead atoms. The number of carbonyl (C=O) groups excluding carboxylic acids is 2. The second kappa shape index (κ2) is 6.94. The fraction of sp³-hybridized carbons (Fsp3) is 0.353. The lowest BCUT2D eigenvalue weighted by atomic mass is 10.1. The number of ether oxygens (including phenoxy) is 1. The van der Waals surface area contributed by atoms with Crippen molar-refractivity contribution in [3.8, 4) is 0 Å². The average molecular weight is 345 g/mol. The quantitative estimate of drug-likeness (QED) is 0.619. The fourth-order valence-corrected chi connectivity index (χ4v) is 2.94. The van der Waals surface area contributed by atoms with Gasteiger partial charge in [0.1, 0.15) is 12.2 Å². The Morgan fingerprint density at radius 3 is 2.68 bits per heavy atom. The Hall–Kier alpha value is -2.87. The van der Waals surface area contributed by atoms with Crippen molar-refractivity contribution in [2.45, 2.75) is 6.92 Å². The maximum absolute atomic E-state index is 12.1. The van der Waals surface area contributed by atoms with Gasteiger partial charge in [0.15, 0.2) is 0 Å². The first-order chi connectivity index (χ1) is 12.0. The molecule has 0 radical (unpaired) electrons. The molecular weight excluding hydrogens is 326 g/mol. The number of amides is 3. The molecule has 0 unspecified atom stereocenters. The lowest BCUT2D eigenvalue weighted by Crippen LogP contribution is -2.36. The van der Waals surface area contributed by atoms with Gasteiger partial charge in [-0.05, 0) is 36.3 Å². The normalized spacial score (nSPS) is 19.5. The zero-order chi connectivity index (χ0) is 18.0. The van der Waals surface area contributed by atoms with Crippen LogP contribution >= 0.6 is 0 Å². The topological polar surface area (TPSA) is 99.2 Å². The van der Waals surface area contributed by atoms with E-state index in [-0.39, 0.29) is 5.70 Å². The van der Waals surface area contributed by atoms with Crippen molar-refractivity contribution in [2.24, 2.45) is 0 Å². The molecule has 25 heavy (non-hydrogen) atoms. The molecule has 2 fully saturated rings. The van der Waals surface area contributed by atoms with Crippen LogP contribution in [-0.4, -0.2) is 60.8 Å². The third-order valence-corrected chi connectivity index (χ3v) is 4.14. The smallest absolute Gasteiger partial charge is 0.329 e. The highest BCUT2D eigenvalue weighted by Crippen LogP contribution is 2.24. The summed E-state index contributed by atoms with van der Waals surface area (Å²) in [5, 5.41) is 11.2. The van der Waals surface area contributed by atoms with Gasteiger partial charge in [0.05, 0.1) is 13.2 Å². The van der Waals surface area contributed by atoms with Gasteiger partial charge in [0, 0.05) is 18.8 Å². The number of hydrogen-bond acceptors (Lipinski definition) is 5. The molecule has 2 heterocycles.